The number of carbonyl (C=O) groups is 1. The Bertz CT molecular complexity index is 753. The van der Waals surface area contributed by atoms with Gasteiger partial charge in [-0.25, -0.2) is 5.43 Å². The third kappa shape index (κ3) is 5.27. The molecule has 1 amide bonds. The molecule has 0 heterocycles. The molecule has 0 aliphatic carbocycles. The van der Waals surface area contributed by atoms with E-state index >= 15 is 0 Å². The molecule has 120 valence electrons. The summed E-state index contributed by atoms with van der Waals surface area (Å²) in [6, 6.07) is 10.4. The topological polar surface area (TPSA) is 61.7 Å². The molecule has 0 aromatic heterocycles. The number of nitrogens with one attached hydrogen (secondary N) is 1. The van der Waals surface area contributed by atoms with Gasteiger partial charge in [-0.3, -0.25) is 4.79 Å². The van der Waals surface area contributed by atoms with Crippen molar-refractivity contribution >= 4 is 51.4 Å². The maximum absolute atomic E-state index is 12.0. The first-order valence-electron chi connectivity index (χ1n) is 6.62. The molecule has 0 unspecified atom stereocenters. The van der Waals surface area contributed by atoms with Crippen molar-refractivity contribution in [3.8, 4) is 5.75 Å². The van der Waals surface area contributed by atoms with Gasteiger partial charge in [-0.15, -0.1) is 11.8 Å². The van der Waals surface area contributed by atoms with Gasteiger partial charge in [0.25, 0.3) is 0 Å². The average molecular weight is 414 g/mol. The van der Waals surface area contributed by atoms with E-state index < -0.39 is 0 Å². The van der Waals surface area contributed by atoms with Gasteiger partial charge in [0.2, 0.25) is 5.91 Å². The summed E-state index contributed by atoms with van der Waals surface area (Å²) in [5, 5.41) is 13.9. The van der Waals surface area contributed by atoms with Crippen LogP contribution in [0, 0.1) is 0 Å². The molecule has 23 heavy (non-hydrogen) atoms. The number of hydrogen-bond acceptors (Lipinski definition) is 4. The highest BCUT2D eigenvalue weighted by Gasteiger charge is 2.08. The maximum Gasteiger partial charge on any atom is 0.244 e. The summed E-state index contributed by atoms with van der Waals surface area (Å²) in [6.45, 7) is 0. The number of halogens is 2. The van der Waals surface area contributed by atoms with E-state index in [1.54, 1.807) is 42.1 Å². The minimum absolute atomic E-state index is 0.150. The first kappa shape index (κ1) is 17.8. The van der Waals surface area contributed by atoms with Crippen molar-refractivity contribution in [1.82, 2.24) is 5.43 Å². The molecule has 0 saturated heterocycles. The fourth-order valence-electron chi connectivity index (χ4n) is 1.88. The summed E-state index contributed by atoms with van der Waals surface area (Å²) >= 11 is 10.8. The number of phenolic OH excluding ortho intramolecular Hbond substituents is 1. The van der Waals surface area contributed by atoms with Crippen molar-refractivity contribution in [2.75, 3.05) is 6.26 Å². The highest BCUT2D eigenvalue weighted by atomic mass is 79.9. The van der Waals surface area contributed by atoms with Crippen LogP contribution in [0.15, 0.2) is 50.9 Å². The van der Waals surface area contributed by atoms with E-state index in [0.717, 1.165) is 16.0 Å². The molecule has 2 N–H and O–H groups in total. The van der Waals surface area contributed by atoms with Gasteiger partial charge in [0.1, 0.15) is 5.75 Å². The summed E-state index contributed by atoms with van der Waals surface area (Å²) in [4.78, 5) is 13.0. The van der Waals surface area contributed by atoms with Gasteiger partial charge in [0.15, 0.2) is 0 Å². The SMILES string of the molecule is CSc1ccc(Cl)cc1CC(=O)N/N=C\c1ccc(O)c(Br)c1. The number of benzene rings is 2. The summed E-state index contributed by atoms with van der Waals surface area (Å²) in [5.74, 6) is -0.0756. The van der Waals surface area contributed by atoms with Crippen LogP contribution >= 0.6 is 39.3 Å². The van der Waals surface area contributed by atoms with Gasteiger partial charge < -0.3 is 5.11 Å². The van der Waals surface area contributed by atoms with Gasteiger partial charge in [0, 0.05) is 9.92 Å². The van der Waals surface area contributed by atoms with Gasteiger partial charge in [-0.2, -0.15) is 5.10 Å². The average Bonchev–Trinajstić information content (AvgIpc) is 2.51. The summed E-state index contributed by atoms with van der Waals surface area (Å²) in [7, 11) is 0. The van der Waals surface area contributed by atoms with Crippen LogP contribution < -0.4 is 5.43 Å². The third-order valence-electron chi connectivity index (χ3n) is 2.97. The molecule has 0 saturated carbocycles. The van der Waals surface area contributed by atoms with Crippen molar-refractivity contribution in [3.05, 3.63) is 57.0 Å². The van der Waals surface area contributed by atoms with E-state index in [9.17, 15) is 9.90 Å². The smallest absolute Gasteiger partial charge is 0.244 e. The van der Waals surface area contributed by atoms with Crippen molar-refractivity contribution in [2.24, 2.45) is 5.10 Å². The van der Waals surface area contributed by atoms with E-state index in [-0.39, 0.29) is 18.1 Å². The second kappa shape index (κ2) is 8.38. The molecule has 0 bridgehead atoms. The molecule has 0 aliphatic rings. The fourth-order valence-corrected chi connectivity index (χ4v) is 3.07. The fraction of sp³-hybridized carbons (Fsp3) is 0.125. The second-order valence-electron chi connectivity index (χ2n) is 4.64. The number of phenols is 1. The lowest BCUT2D eigenvalue weighted by Gasteiger charge is -2.07. The first-order chi connectivity index (χ1) is 11.0. The lowest BCUT2D eigenvalue weighted by Crippen LogP contribution is -2.20. The number of nitrogens with zero attached hydrogens (tertiary/aromatic N) is 1. The second-order valence-corrected chi connectivity index (χ2v) is 6.78. The molecule has 4 nitrogen and oxygen atoms in total. The standard InChI is InChI=1S/C16H14BrClN2O2S/c1-23-15-5-3-12(18)7-11(15)8-16(22)20-19-9-10-2-4-14(21)13(17)6-10/h2-7,9,21H,8H2,1H3,(H,20,22)/b19-9-. The zero-order valence-electron chi connectivity index (χ0n) is 12.2. The van der Waals surface area contributed by atoms with Crippen molar-refractivity contribution in [2.45, 2.75) is 11.3 Å². The molecule has 0 radical (unpaired) electrons. The predicted molar refractivity (Wildman–Crippen MR) is 98.5 cm³/mol. The molecular weight excluding hydrogens is 400 g/mol. The molecule has 7 heteroatoms. The molecule has 0 aliphatic heterocycles. The number of aromatic hydroxyl groups is 1. The molecule has 0 spiro atoms. The Morgan fingerprint density at radius 2 is 2.17 bits per heavy atom. The number of amides is 1. The van der Waals surface area contributed by atoms with Crippen molar-refractivity contribution in [3.63, 3.8) is 0 Å². The van der Waals surface area contributed by atoms with Crippen LogP contribution in [0.3, 0.4) is 0 Å². The van der Waals surface area contributed by atoms with Crippen LogP contribution in [-0.2, 0) is 11.2 Å². The lowest BCUT2D eigenvalue weighted by molar-refractivity contribution is -0.120. The zero-order valence-corrected chi connectivity index (χ0v) is 15.4. The van der Waals surface area contributed by atoms with Crippen LogP contribution in [0.25, 0.3) is 0 Å². The maximum atomic E-state index is 12.0. The Labute approximate surface area is 152 Å². The van der Waals surface area contributed by atoms with E-state index in [0.29, 0.717) is 9.50 Å². The normalized spacial score (nSPS) is 10.9. The predicted octanol–water partition coefficient (Wildman–Crippen LogP) is 4.22. The van der Waals surface area contributed by atoms with E-state index in [1.807, 2.05) is 12.3 Å². The van der Waals surface area contributed by atoms with E-state index in [2.05, 4.69) is 26.5 Å². The van der Waals surface area contributed by atoms with Crippen LogP contribution in [-0.4, -0.2) is 23.5 Å². The molecule has 0 atom stereocenters. The van der Waals surface area contributed by atoms with E-state index in [1.165, 1.54) is 6.21 Å². The monoisotopic (exact) mass is 412 g/mol. The third-order valence-corrected chi connectivity index (χ3v) is 4.68. The Morgan fingerprint density at radius 3 is 2.87 bits per heavy atom. The lowest BCUT2D eigenvalue weighted by atomic mass is 10.1. The minimum atomic E-state index is -0.225. The largest absolute Gasteiger partial charge is 0.507 e. The molecule has 2 aromatic rings. The number of hydrazone groups is 1. The Hall–Kier alpha value is -1.50. The quantitative estimate of drug-likeness (QED) is 0.438. The zero-order chi connectivity index (χ0) is 16.8. The number of carbonyl (C=O) groups excluding carboxylic acids is 1. The highest BCUT2D eigenvalue weighted by molar-refractivity contribution is 9.10. The highest BCUT2D eigenvalue weighted by Crippen LogP contribution is 2.24. The Kier molecular flexibility index (Phi) is 6.50. The van der Waals surface area contributed by atoms with Gasteiger partial charge in [-0.05, 0) is 69.7 Å². The van der Waals surface area contributed by atoms with Crippen molar-refractivity contribution in [1.29, 1.82) is 0 Å². The van der Waals surface area contributed by atoms with Crippen LogP contribution in [0.4, 0.5) is 0 Å². The van der Waals surface area contributed by atoms with Crippen LogP contribution in [0.2, 0.25) is 5.02 Å². The Balaban J connectivity index is 1.98. The number of rotatable bonds is 5. The molecule has 0 fully saturated rings. The molecule has 2 aromatic carbocycles. The van der Waals surface area contributed by atoms with Gasteiger partial charge >= 0.3 is 0 Å². The molecular formula is C16H14BrClN2O2S. The Morgan fingerprint density at radius 1 is 1.39 bits per heavy atom. The summed E-state index contributed by atoms with van der Waals surface area (Å²) in [6.07, 6.45) is 3.66. The van der Waals surface area contributed by atoms with E-state index in [4.69, 9.17) is 11.6 Å². The van der Waals surface area contributed by atoms with Crippen molar-refractivity contribution < 1.29 is 9.90 Å². The summed E-state index contributed by atoms with van der Waals surface area (Å²) < 4.78 is 0.566. The number of hydrogen-bond donors (Lipinski definition) is 2. The van der Waals surface area contributed by atoms with Crippen LogP contribution in [0.5, 0.6) is 5.75 Å². The molecule has 2 rings (SSSR count). The van der Waals surface area contributed by atoms with Gasteiger partial charge in [-0.1, -0.05) is 11.6 Å². The van der Waals surface area contributed by atoms with Gasteiger partial charge in [0.05, 0.1) is 17.1 Å². The summed E-state index contributed by atoms with van der Waals surface area (Å²) in [5.41, 5.74) is 4.10. The first-order valence-corrected chi connectivity index (χ1v) is 9.02. The van der Waals surface area contributed by atoms with Crippen LogP contribution in [0.1, 0.15) is 11.1 Å². The number of thioether (sulfide) groups is 1. The minimum Gasteiger partial charge on any atom is -0.507 e.